The van der Waals surface area contributed by atoms with E-state index >= 15 is 0 Å². The summed E-state index contributed by atoms with van der Waals surface area (Å²) >= 11 is 0. The van der Waals surface area contributed by atoms with Crippen molar-refractivity contribution in [1.29, 1.82) is 0 Å². The third-order valence-corrected chi connectivity index (χ3v) is 1.05. The van der Waals surface area contributed by atoms with Crippen molar-refractivity contribution in [1.82, 2.24) is 4.90 Å². The Morgan fingerprint density at radius 2 is 2.00 bits per heavy atom. The molecule has 0 fully saturated rings. The van der Waals surface area contributed by atoms with Crippen molar-refractivity contribution < 1.29 is 14.3 Å². The van der Waals surface area contributed by atoms with Gasteiger partial charge in [-0.25, -0.2) is 0 Å². The number of amides is 1. The maximum absolute atomic E-state index is 10.6. The van der Waals surface area contributed by atoms with E-state index in [1.165, 1.54) is 12.0 Å². The highest BCUT2D eigenvalue weighted by molar-refractivity contribution is 5.77. The lowest BCUT2D eigenvalue weighted by molar-refractivity contribution is -0.141. The molecule has 0 spiro atoms. The fourth-order valence-corrected chi connectivity index (χ4v) is 0.607. The predicted molar refractivity (Wildman–Crippen MR) is 38.7 cm³/mol. The quantitative estimate of drug-likeness (QED) is 0.512. The van der Waals surface area contributed by atoms with E-state index < -0.39 is 5.91 Å². The summed E-state index contributed by atoms with van der Waals surface area (Å²) in [6, 6.07) is 0. The number of methoxy groups -OCH3 is 1. The molecule has 0 aromatic carbocycles. The lowest BCUT2D eigenvalue weighted by Gasteiger charge is -2.11. The lowest BCUT2D eigenvalue weighted by atomic mass is 10.5. The van der Waals surface area contributed by atoms with Gasteiger partial charge in [0.2, 0.25) is 5.91 Å². The molecular weight excluding hydrogens is 148 g/mol. The van der Waals surface area contributed by atoms with Gasteiger partial charge < -0.3 is 10.5 Å². The zero-order valence-electron chi connectivity index (χ0n) is 6.66. The number of nitrogens with zero attached hydrogens (tertiary/aromatic N) is 1. The first-order chi connectivity index (χ1) is 5.06. The number of carbonyl (C=O) groups excluding carboxylic acids is 2. The van der Waals surface area contributed by atoms with Crippen molar-refractivity contribution >= 4 is 11.9 Å². The van der Waals surface area contributed by atoms with Gasteiger partial charge in [-0.15, -0.1) is 0 Å². The maximum Gasteiger partial charge on any atom is 0.319 e. The summed E-state index contributed by atoms with van der Waals surface area (Å²) in [6.07, 6.45) is 0. The van der Waals surface area contributed by atoms with Crippen molar-refractivity contribution in [2.24, 2.45) is 5.73 Å². The standard InChI is InChI=1S/C6H12N2O3/c1-8(3-5(7)9)4-6(10)11-2/h3-4H2,1-2H3,(H2,7,9). The summed E-state index contributed by atoms with van der Waals surface area (Å²) in [5.74, 6) is -0.842. The summed E-state index contributed by atoms with van der Waals surface area (Å²) in [4.78, 5) is 22.4. The van der Waals surface area contributed by atoms with Crippen LogP contribution in [0.4, 0.5) is 0 Å². The predicted octanol–water partition coefficient (Wildman–Crippen LogP) is -1.42. The van der Waals surface area contributed by atoms with Crippen LogP contribution in [0.15, 0.2) is 0 Å². The monoisotopic (exact) mass is 160 g/mol. The first kappa shape index (κ1) is 9.90. The molecule has 0 bridgehead atoms. The van der Waals surface area contributed by atoms with E-state index in [0.29, 0.717) is 0 Å². The number of nitrogens with two attached hydrogens (primary N) is 1. The molecule has 0 unspecified atom stereocenters. The van der Waals surface area contributed by atoms with Crippen LogP contribution in [0.2, 0.25) is 0 Å². The third-order valence-electron chi connectivity index (χ3n) is 1.05. The first-order valence-electron chi connectivity index (χ1n) is 3.10. The topological polar surface area (TPSA) is 72.6 Å². The minimum atomic E-state index is -0.462. The second kappa shape index (κ2) is 4.68. The third kappa shape index (κ3) is 5.35. The number of primary amides is 1. The lowest BCUT2D eigenvalue weighted by Crippen LogP contribution is -2.34. The molecule has 0 aliphatic carbocycles. The summed E-state index contributed by atoms with van der Waals surface area (Å²) < 4.78 is 4.37. The van der Waals surface area contributed by atoms with Crippen LogP contribution in [-0.2, 0) is 14.3 Å². The van der Waals surface area contributed by atoms with Gasteiger partial charge in [-0.3, -0.25) is 14.5 Å². The molecule has 0 aromatic heterocycles. The van der Waals surface area contributed by atoms with E-state index in [1.807, 2.05) is 0 Å². The van der Waals surface area contributed by atoms with E-state index in [9.17, 15) is 9.59 Å². The SMILES string of the molecule is COC(=O)CN(C)CC(N)=O. The van der Waals surface area contributed by atoms with E-state index in [2.05, 4.69) is 4.74 Å². The number of hydrogen-bond donors (Lipinski definition) is 1. The Kier molecular flexibility index (Phi) is 4.21. The van der Waals surface area contributed by atoms with Gasteiger partial charge in [-0.2, -0.15) is 0 Å². The van der Waals surface area contributed by atoms with Gasteiger partial charge in [0.25, 0.3) is 0 Å². The van der Waals surface area contributed by atoms with Gasteiger partial charge in [0, 0.05) is 0 Å². The average molecular weight is 160 g/mol. The van der Waals surface area contributed by atoms with Gasteiger partial charge in [0.15, 0.2) is 0 Å². The van der Waals surface area contributed by atoms with Gasteiger partial charge in [0.1, 0.15) is 0 Å². The van der Waals surface area contributed by atoms with Crippen molar-refractivity contribution in [3.63, 3.8) is 0 Å². The molecule has 2 N–H and O–H groups in total. The van der Waals surface area contributed by atoms with E-state index in [4.69, 9.17) is 5.73 Å². The molecule has 0 atom stereocenters. The van der Waals surface area contributed by atoms with Gasteiger partial charge in [-0.1, -0.05) is 0 Å². The zero-order chi connectivity index (χ0) is 8.85. The van der Waals surface area contributed by atoms with E-state index in [1.54, 1.807) is 7.05 Å². The second-order valence-corrected chi connectivity index (χ2v) is 2.21. The smallest absolute Gasteiger partial charge is 0.319 e. The molecule has 0 rings (SSSR count). The Bertz CT molecular complexity index is 158. The highest BCUT2D eigenvalue weighted by Crippen LogP contribution is 1.82. The first-order valence-corrected chi connectivity index (χ1v) is 3.10. The number of carbonyl (C=O) groups is 2. The summed E-state index contributed by atoms with van der Waals surface area (Å²) in [5, 5.41) is 0. The molecule has 0 saturated heterocycles. The Morgan fingerprint density at radius 3 is 2.36 bits per heavy atom. The molecule has 0 aromatic rings. The minimum absolute atomic E-state index is 0.0646. The molecule has 11 heavy (non-hydrogen) atoms. The van der Waals surface area contributed by atoms with Crippen LogP contribution in [0.25, 0.3) is 0 Å². The summed E-state index contributed by atoms with van der Waals surface area (Å²) in [6.45, 7) is 0.147. The van der Waals surface area contributed by atoms with Crippen LogP contribution in [0.1, 0.15) is 0 Å². The summed E-state index contributed by atoms with van der Waals surface area (Å²) in [7, 11) is 2.90. The zero-order valence-corrected chi connectivity index (χ0v) is 6.66. The van der Waals surface area contributed by atoms with E-state index in [0.717, 1.165) is 0 Å². The number of rotatable bonds is 4. The second-order valence-electron chi connectivity index (χ2n) is 2.21. The normalized spacial score (nSPS) is 9.73. The van der Waals surface area contributed by atoms with Crippen molar-refractivity contribution in [3.05, 3.63) is 0 Å². The summed E-state index contributed by atoms with van der Waals surface area (Å²) in [5.41, 5.74) is 4.88. The Labute approximate surface area is 65.1 Å². The van der Waals surface area contributed by atoms with E-state index in [-0.39, 0.29) is 19.1 Å². The number of ether oxygens (including phenoxy) is 1. The molecule has 0 radical (unpaired) electrons. The van der Waals surface area contributed by atoms with Crippen molar-refractivity contribution in [3.8, 4) is 0 Å². The Hall–Kier alpha value is -1.10. The Balaban J connectivity index is 3.60. The number of likely N-dealkylation sites (N-methyl/N-ethyl adjacent to an activating group) is 1. The maximum atomic E-state index is 10.6. The molecule has 0 heterocycles. The van der Waals surface area contributed by atoms with Crippen molar-refractivity contribution in [2.75, 3.05) is 27.2 Å². The van der Waals surface area contributed by atoms with Crippen LogP contribution >= 0.6 is 0 Å². The van der Waals surface area contributed by atoms with Gasteiger partial charge in [-0.05, 0) is 7.05 Å². The fourth-order valence-electron chi connectivity index (χ4n) is 0.607. The Morgan fingerprint density at radius 1 is 1.45 bits per heavy atom. The highest BCUT2D eigenvalue weighted by atomic mass is 16.5. The largest absolute Gasteiger partial charge is 0.468 e. The molecule has 0 saturated carbocycles. The fraction of sp³-hybridized carbons (Fsp3) is 0.667. The average Bonchev–Trinajstić information content (AvgIpc) is 1.85. The molecule has 1 amide bonds. The molecule has 5 nitrogen and oxygen atoms in total. The molecule has 5 heteroatoms. The van der Waals surface area contributed by atoms with Gasteiger partial charge >= 0.3 is 5.97 Å². The molecular formula is C6H12N2O3. The molecule has 64 valence electrons. The van der Waals surface area contributed by atoms with Crippen LogP contribution < -0.4 is 5.73 Å². The van der Waals surface area contributed by atoms with Gasteiger partial charge in [0.05, 0.1) is 20.2 Å². The van der Waals surface area contributed by atoms with Crippen LogP contribution in [0.3, 0.4) is 0 Å². The number of hydrogen-bond acceptors (Lipinski definition) is 4. The van der Waals surface area contributed by atoms with Crippen LogP contribution in [-0.4, -0.2) is 44.0 Å². The van der Waals surface area contributed by atoms with Crippen LogP contribution in [0.5, 0.6) is 0 Å². The molecule has 0 aliphatic heterocycles. The molecule has 0 aliphatic rings. The van der Waals surface area contributed by atoms with Crippen molar-refractivity contribution in [2.45, 2.75) is 0 Å². The highest BCUT2D eigenvalue weighted by Gasteiger charge is 2.07. The minimum Gasteiger partial charge on any atom is -0.468 e. The van der Waals surface area contributed by atoms with Crippen LogP contribution in [0, 0.1) is 0 Å². The number of esters is 1.